The molecular weight excluding hydrogens is 435 g/mol. The lowest BCUT2D eigenvalue weighted by molar-refractivity contribution is -0.274. The average Bonchev–Trinajstić information content (AvgIpc) is 3.01. The third-order valence-electron chi connectivity index (χ3n) is 3.94. The van der Waals surface area contributed by atoms with E-state index in [0.717, 1.165) is 12.1 Å². The molecule has 31 heavy (non-hydrogen) atoms. The van der Waals surface area contributed by atoms with Crippen LogP contribution in [0.3, 0.4) is 0 Å². The van der Waals surface area contributed by atoms with Crippen LogP contribution in [0.4, 0.5) is 18.9 Å². The highest BCUT2D eigenvalue weighted by Gasteiger charge is 2.31. The number of hydrogen-bond donors (Lipinski definition) is 2. The summed E-state index contributed by atoms with van der Waals surface area (Å²) in [6.45, 7) is 6.33. The maximum atomic E-state index is 12.5. The minimum atomic E-state index is -4.78. The van der Waals surface area contributed by atoms with E-state index < -0.39 is 17.5 Å². The van der Waals surface area contributed by atoms with Crippen molar-refractivity contribution >= 4 is 29.3 Å². The van der Waals surface area contributed by atoms with Crippen LogP contribution in [0.25, 0.3) is 0 Å². The number of alkyl halides is 3. The first-order valence-corrected chi connectivity index (χ1v) is 10.4. The van der Waals surface area contributed by atoms with Crippen molar-refractivity contribution < 1.29 is 27.5 Å². The van der Waals surface area contributed by atoms with E-state index in [4.69, 9.17) is 5.73 Å². The Kier molecular flexibility index (Phi) is 8.31. The number of thioether (sulfide) groups is 1. The number of benzene rings is 1. The number of carbonyl (C=O) groups is 2. The smallest absolute Gasteiger partial charge is 0.406 e. The molecule has 0 saturated heterocycles. The Morgan fingerprint density at radius 2 is 1.84 bits per heavy atom. The molecule has 2 aromatic rings. The van der Waals surface area contributed by atoms with Gasteiger partial charge in [-0.25, -0.2) is 0 Å². The van der Waals surface area contributed by atoms with E-state index in [-0.39, 0.29) is 24.0 Å². The summed E-state index contributed by atoms with van der Waals surface area (Å²) in [7, 11) is 0. The lowest BCUT2D eigenvalue weighted by Gasteiger charge is -2.15. The first kappa shape index (κ1) is 24.5. The Hall–Kier alpha value is -2.76. The van der Waals surface area contributed by atoms with Gasteiger partial charge < -0.3 is 20.4 Å². The van der Waals surface area contributed by atoms with E-state index in [9.17, 15) is 22.8 Å². The van der Waals surface area contributed by atoms with Crippen molar-refractivity contribution in [2.45, 2.75) is 56.9 Å². The Labute approximate surface area is 181 Å². The highest BCUT2D eigenvalue weighted by molar-refractivity contribution is 8.00. The highest BCUT2D eigenvalue weighted by Crippen LogP contribution is 2.26. The van der Waals surface area contributed by atoms with E-state index >= 15 is 0 Å². The number of nitrogens with zero attached hydrogens (tertiary/aromatic N) is 3. The lowest BCUT2D eigenvalue weighted by Crippen LogP contribution is -2.23. The van der Waals surface area contributed by atoms with Crippen LogP contribution < -0.4 is 15.8 Å². The SMILES string of the molecule is CC(C)Cn1c(CCC(N)=O)nnc1S[C@H](C)C(=O)Nc1ccc(OC(F)(F)F)cc1. The summed E-state index contributed by atoms with van der Waals surface area (Å²) < 4.78 is 42.4. The van der Waals surface area contributed by atoms with Crippen LogP contribution in [0.2, 0.25) is 0 Å². The van der Waals surface area contributed by atoms with Crippen molar-refractivity contribution in [1.82, 2.24) is 14.8 Å². The molecule has 3 N–H and O–H groups in total. The summed E-state index contributed by atoms with van der Waals surface area (Å²) in [5, 5.41) is 10.9. The minimum Gasteiger partial charge on any atom is -0.406 e. The van der Waals surface area contributed by atoms with Gasteiger partial charge in [0, 0.05) is 25.1 Å². The molecule has 1 atom stereocenters. The molecule has 0 aliphatic rings. The fourth-order valence-electron chi connectivity index (χ4n) is 2.57. The predicted molar refractivity (Wildman–Crippen MR) is 109 cm³/mol. The molecule has 170 valence electrons. The van der Waals surface area contributed by atoms with E-state index in [1.54, 1.807) is 6.92 Å². The van der Waals surface area contributed by atoms with Crippen LogP contribution in [0.1, 0.15) is 33.0 Å². The number of aryl methyl sites for hydroxylation is 1. The molecule has 1 heterocycles. The van der Waals surface area contributed by atoms with Crippen LogP contribution in [0.15, 0.2) is 29.4 Å². The summed E-state index contributed by atoms with van der Waals surface area (Å²) in [5.41, 5.74) is 5.54. The van der Waals surface area contributed by atoms with Gasteiger partial charge in [-0.2, -0.15) is 0 Å². The van der Waals surface area contributed by atoms with E-state index in [1.807, 2.05) is 18.4 Å². The summed E-state index contributed by atoms with van der Waals surface area (Å²) in [6, 6.07) is 4.87. The normalized spacial score (nSPS) is 12.6. The number of amides is 2. The monoisotopic (exact) mass is 459 g/mol. The van der Waals surface area contributed by atoms with E-state index in [2.05, 4.69) is 20.3 Å². The van der Waals surface area contributed by atoms with Gasteiger partial charge in [0.15, 0.2) is 5.16 Å². The molecular formula is C19H24F3N5O3S. The van der Waals surface area contributed by atoms with Crippen molar-refractivity contribution in [3.63, 3.8) is 0 Å². The number of anilines is 1. The van der Waals surface area contributed by atoms with Crippen LogP contribution in [-0.2, 0) is 22.6 Å². The largest absolute Gasteiger partial charge is 0.573 e. The molecule has 0 radical (unpaired) electrons. The van der Waals surface area contributed by atoms with Gasteiger partial charge in [-0.15, -0.1) is 23.4 Å². The molecule has 2 rings (SSSR count). The number of nitrogens with two attached hydrogens (primary N) is 1. The molecule has 0 fully saturated rings. The van der Waals surface area contributed by atoms with E-state index in [0.29, 0.717) is 29.6 Å². The second-order valence-corrected chi connectivity index (χ2v) is 8.50. The molecule has 1 aromatic carbocycles. The number of carbonyl (C=O) groups excluding carboxylic acids is 2. The van der Waals surface area contributed by atoms with Crippen LogP contribution >= 0.6 is 11.8 Å². The molecule has 0 aliphatic heterocycles. The summed E-state index contributed by atoms with van der Waals surface area (Å²) in [5.74, 6) is -0.273. The molecule has 0 bridgehead atoms. The van der Waals surface area contributed by atoms with Crippen molar-refractivity contribution in [1.29, 1.82) is 0 Å². The topological polar surface area (TPSA) is 112 Å². The third-order valence-corrected chi connectivity index (χ3v) is 5.02. The molecule has 1 aromatic heterocycles. The number of hydrogen-bond acceptors (Lipinski definition) is 6. The van der Waals surface area contributed by atoms with Gasteiger partial charge in [0.2, 0.25) is 11.8 Å². The first-order chi connectivity index (χ1) is 14.4. The molecule has 8 nitrogen and oxygen atoms in total. The van der Waals surface area contributed by atoms with Gasteiger partial charge >= 0.3 is 6.36 Å². The molecule has 0 saturated carbocycles. The maximum absolute atomic E-state index is 12.5. The van der Waals surface area contributed by atoms with Gasteiger partial charge in [-0.05, 0) is 37.1 Å². The number of halogens is 3. The summed E-state index contributed by atoms with van der Waals surface area (Å²) in [6.07, 6.45) is -4.29. The maximum Gasteiger partial charge on any atom is 0.573 e. The number of nitrogens with one attached hydrogen (secondary N) is 1. The number of rotatable bonds is 10. The van der Waals surface area contributed by atoms with Crippen molar-refractivity contribution in [3.05, 3.63) is 30.1 Å². The zero-order valence-corrected chi connectivity index (χ0v) is 18.1. The van der Waals surface area contributed by atoms with Crippen LogP contribution in [0, 0.1) is 5.92 Å². The Morgan fingerprint density at radius 3 is 2.39 bits per heavy atom. The van der Waals surface area contributed by atoms with Gasteiger partial charge in [-0.3, -0.25) is 9.59 Å². The Morgan fingerprint density at radius 1 is 1.19 bits per heavy atom. The van der Waals surface area contributed by atoms with E-state index in [1.165, 1.54) is 23.9 Å². The summed E-state index contributed by atoms with van der Waals surface area (Å²) >= 11 is 1.19. The molecule has 0 aliphatic carbocycles. The molecule has 0 spiro atoms. The fraction of sp³-hybridized carbons (Fsp3) is 0.474. The second-order valence-electron chi connectivity index (χ2n) is 7.19. The predicted octanol–water partition coefficient (Wildman–Crippen LogP) is 3.37. The molecule has 2 amide bonds. The van der Waals surface area contributed by atoms with Crippen LogP contribution in [-0.4, -0.2) is 38.2 Å². The van der Waals surface area contributed by atoms with Crippen molar-refractivity contribution in [2.75, 3.05) is 5.32 Å². The Bertz CT molecular complexity index is 900. The quantitative estimate of drug-likeness (QED) is 0.527. The van der Waals surface area contributed by atoms with Gasteiger partial charge in [0.05, 0.1) is 5.25 Å². The standard InChI is InChI=1S/C19H24F3N5O3S/c1-11(2)10-27-16(9-8-15(23)28)25-26-18(27)31-12(3)17(29)24-13-4-6-14(7-5-13)30-19(20,21)22/h4-7,11-12H,8-10H2,1-3H3,(H2,23,28)(H,24,29)/t12-/m1/s1. The minimum absolute atomic E-state index is 0.144. The van der Waals surface area contributed by atoms with Gasteiger partial charge in [-0.1, -0.05) is 25.6 Å². The number of primary amides is 1. The molecule has 12 heteroatoms. The summed E-state index contributed by atoms with van der Waals surface area (Å²) in [4.78, 5) is 23.6. The fourth-order valence-corrected chi connectivity index (χ4v) is 3.45. The first-order valence-electron chi connectivity index (χ1n) is 9.48. The lowest BCUT2D eigenvalue weighted by atomic mass is 10.2. The zero-order chi connectivity index (χ0) is 23.2. The van der Waals surface area contributed by atoms with Gasteiger partial charge in [0.1, 0.15) is 11.6 Å². The van der Waals surface area contributed by atoms with Gasteiger partial charge in [0.25, 0.3) is 0 Å². The van der Waals surface area contributed by atoms with Crippen molar-refractivity contribution in [3.8, 4) is 5.75 Å². The molecule has 0 unspecified atom stereocenters. The second kappa shape index (κ2) is 10.5. The Balaban J connectivity index is 2.04. The average molecular weight is 459 g/mol. The van der Waals surface area contributed by atoms with Crippen LogP contribution in [0.5, 0.6) is 5.75 Å². The zero-order valence-electron chi connectivity index (χ0n) is 17.3. The third kappa shape index (κ3) is 8.12. The number of aromatic nitrogens is 3. The highest BCUT2D eigenvalue weighted by atomic mass is 32.2. The number of ether oxygens (including phenoxy) is 1. The van der Waals surface area contributed by atoms with Crippen molar-refractivity contribution in [2.24, 2.45) is 11.7 Å².